The zero-order chi connectivity index (χ0) is 6.85. The van der Waals surface area contributed by atoms with Crippen molar-refractivity contribution >= 4 is 11.6 Å². The number of hydrogen-bond acceptors (Lipinski definition) is 3. The lowest BCUT2D eigenvalue weighted by molar-refractivity contribution is -0.118. The van der Waals surface area contributed by atoms with E-state index in [0.29, 0.717) is 13.1 Å². The number of rotatable bonds is 0. The lowest BCUT2D eigenvalue weighted by atomic mass is 10.3. The number of amidine groups is 1. The SMILES string of the molecule is CC1=NCC(=O)CN1C. The number of nitrogens with zero attached hydrogens (tertiary/aromatic N) is 2. The van der Waals surface area contributed by atoms with E-state index in [2.05, 4.69) is 4.99 Å². The van der Waals surface area contributed by atoms with Crippen LogP contribution in [0.4, 0.5) is 0 Å². The molecule has 1 aliphatic heterocycles. The van der Waals surface area contributed by atoms with Crippen molar-refractivity contribution in [3.63, 3.8) is 0 Å². The first-order chi connectivity index (χ1) is 4.20. The van der Waals surface area contributed by atoms with E-state index in [0.717, 1.165) is 5.84 Å². The maximum Gasteiger partial charge on any atom is 0.173 e. The average molecular weight is 126 g/mol. The molecule has 0 amide bonds. The van der Waals surface area contributed by atoms with Crippen LogP contribution in [0.2, 0.25) is 0 Å². The Hall–Kier alpha value is -0.860. The van der Waals surface area contributed by atoms with Crippen molar-refractivity contribution in [2.45, 2.75) is 6.92 Å². The third-order valence-electron chi connectivity index (χ3n) is 1.45. The van der Waals surface area contributed by atoms with Gasteiger partial charge in [-0.3, -0.25) is 9.79 Å². The normalized spacial score (nSPS) is 20.0. The molecule has 50 valence electrons. The standard InChI is InChI=1S/C6H10N2O/c1-5-7-3-6(9)4-8(5)2/h3-4H2,1-2H3. The molecule has 0 atom stereocenters. The van der Waals surface area contributed by atoms with Crippen molar-refractivity contribution in [1.82, 2.24) is 4.90 Å². The molecule has 0 aromatic rings. The Morgan fingerprint density at radius 2 is 2.33 bits per heavy atom. The maximum atomic E-state index is 10.7. The Kier molecular flexibility index (Phi) is 1.51. The second kappa shape index (κ2) is 2.17. The van der Waals surface area contributed by atoms with Crippen molar-refractivity contribution in [1.29, 1.82) is 0 Å². The monoisotopic (exact) mass is 126 g/mol. The highest BCUT2D eigenvalue weighted by Crippen LogP contribution is 1.94. The molecule has 9 heavy (non-hydrogen) atoms. The second-order valence-electron chi connectivity index (χ2n) is 2.26. The maximum absolute atomic E-state index is 10.7. The minimum absolute atomic E-state index is 0.197. The Morgan fingerprint density at radius 3 is 2.78 bits per heavy atom. The third kappa shape index (κ3) is 1.28. The van der Waals surface area contributed by atoms with Gasteiger partial charge < -0.3 is 4.90 Å². The molecule has 0 radical (unpaired) electrons. The van der Waals surface area contributed by atoms with Gasteiger partial charge in [0.1, 0.15) is 6.54 Å². The summed E-state index contributed by atoms with van der Waals surface area (Å²) in [6.45, 7) is 2.80. The molecule has 1 aliphatic rings. The summed E-state index contributed by atoms with van der Waals surface area (Å²) in [5, 5.41) is 0. The van der Waals surface area contributed by atoms with Crippen LogP contribution in [0.15, 0.2) is 4.99 Å². The predicted octanol–water partition coefficient (Wildman–Crippen LogP) is -0.0807. The average Bonchev–Trinajstić information content (AvgIpc) is 1.80. The zero-order valence-corrected chi connectivity index (χ0v) is 5.72. The van der Waals surface area contributed by atoms with E-state index in [1.165, 1.54) is 0 Å². The highest BCUT2D eigenvalue weighted by molar-refractivity contribution is 5.93. The largest absolute Gasteiger partial charge is 0.356 e. The molecule has 0 N–H and O–H groups in total. The number of carbonyl (C=O) groups excluding carboxylic acids is 1. The van der Waals surface area contributed by atoms with E-state index in [1.807, 2.05) is 18.9 Å². The molecule has 1 rings (SSSR count). The van der Waals surface area contributed by atoms with E-state index in [4.69, 9.17) is 0 Å². The van der Waals surface area contributed by atoms with Crippen LogP contribution < -0.4 is 0 Å². The highest BCUT2D eigenvalue weighted by Gasteiger charge is 2.11. The summed E-state index contributed by atoms with van der Waals surface area (Å²) in [4.78, 5) is 16.5. The van der Waals surface area contributed by atoms with E-state index in [-0.39, 0.29) is 5.78 Å². The molecule has 0 fully saturated rings. The van der Waals surface area contributed by atoms with Crippen molar-refractivity contribution in [3.8, 4) is 0 Å². The van der Waals surface area contributed by atoms with Crippen LogP contribution in [0.1, 0.15) is 6.92 Å². The van der Waals surface area contributed by atoms with Crippen molar-refractivity contribution in [2.24, 2.45) is 4.99 Å². The number of carbonyl (C=O) groups is 1. The fourth-order valence-corrected chi connectivity index (χ4v) is 0.752. The summed E-state index contributed by atoms with van der Waals surface area (Å²) in [6.07, 6.45) is 0. The summed E-state index contributed by atoms with van der Waals surface area (Å²) in [5.74, 6) is 1.15. The molecule has 3 heteroatoms. The first-order valence-electron chi connectivity index (χ1n) is 2.94. The van der Waals surface area contributed by atoms with Crippen LogP contribution in [0.3, 0.4) is 0 Å². The fourth-order valence-electron chi connectivity index (χ4n) is 0.752. The van der Waals surface area contributed by atoms with Gasteiger partial charge in [0, 0.05) is 7.05 Å². The summed E-state index contributed by atoms with van der Waals surface area (Å²) in [6, 6.07) is 0. The molecular weight excluding hydrogens is 116 g/mol. The van der Waals surface area contributed by atoms with Crippen molar-refractivity contribution in [2.75, 3.05) is 20.1 Å². The fraction of sp³-hybridized carbons (Fsp3) is 0.667. The van der Waals surface area contributed by atoms with Gasteiger partial charge in [-0.25, -0.2) is 0 Å². The smallest absolute Gasteiger partial charge is 0.173 e. The topological polar surface area (TPSA) is 32.7 Å². The summed E-state index contributed by atoms with van der Waals surface area (Å²) in [7, 11) is 1.87. The third-order valence-corrected chi connectivity index (χ3v) is 1.45. The molecule has 0 saturated heterocycles. The van der Waals surface area contributed by atoms with E-state index in [9.17, 15) is 4.79 Å². The molecule has 0 aromatic heterocycles. The van der Waals surface area contributed by atoms with Crippen molar-refractivity contribution in [3.05, 3.63) is 0 Å². The van der Waals surface area contributed by atoms with Crippen LogP contribution in [0.5, 0.6) is 0 Å². The Labute approximate surface area is 54.4 Å². The zero-order valence-electron chi connectivity index (χ0n) is 5.72. The van der Waals surface area contributed by atoms with E-state index < -0.39 is 0 Å². The van der Waals surface area contributed by atoms with Crippen LogP contribution in [-0.2, 0) is 4.79 Å². The molecule has 3 nitrogen and oxygen atoms in total. The number of likely N-dealkylation sites (N-methyl/N-ethyl adjacent to an activating group) is 1. The first kappa shape index (κ1) is 6.26. The minimum Gasteiger partial charge on any atom is -0.356 e. The first-order valence-corrected chi connectivity index (χ1v) is 2.94. The highest BCUT2D eigenvalue weighted by atomic mass is 16.1. The van der Waals surface area contributed by atoms with Gasteiger partial charge in [-0.1, -0.05) is 0 Å². The molecule has 0 aromatic carbocycles. The molecule has 0 aliphatic carbocycles. The number of Topliss-reactive ketones (excluding diaryl/α,β-unsaturated/α-hetero) is 1. The minimum atomic E-state index is 0.197. The summed E-state index contributed by atoms with van der Waals surface area (Å²) >= 11 is 0. The number of hydrogen-bond donors (Lipinski definition) is 0. The van der Waals surface area contributed by atoms with Gasteiger partial charge in [-0.2, -0.15) is 0 Å². The quantitative estimate of drug-likeness (QED) is 0.454. The van der Waals surface area contributed by atoms with Gasteiger partial charge in [0.15, 0.2) is 5.78 Å². The lowest BCUT2D eigenvalue weighted by Crippen LogP contribution is -2.35. The predicted molar refractivity (Wildman–Crippen MR) is 35.6 cm³/mol. The molecule has 0 unspecified atom stereocenters. The number of aliphatic imine (C=N–C) groups is 1. The van der Waals surface area contributed by atoms with Gasteiger partial charge in [0.05, 0.1) is 12.4 Å². The van der Waals surface area contributed by atoms with Crippen LogP contribution in [0.25, 0.3) is 0 Å². The molecule has 0 saturated carbocycles. The molecule has 0 bridgehead atoms. The summed E-state index contributed by atoms with van der Waals surface area (Å²) < 4.78 is 0. The van der Waals surface area contributed by atoms with Crippen LogP contribution in [-0.4, -0.2) is 36.7 Å². The van der Waals surface area contributed by atoms with Gasteiger partial charge in [0.2, 0.25) is 0 Å². The van der Waals surface area contributed by atoms with Crippen LogP contribution >= 0.6 is 0 Å². The Morgan fingerprint density at radius 1 is 1.67 bits per heavy atom. The van der Waals surface area contributed by atoms with Gasteiger partial charge in [-0.05, 0) is 6.92 Å². The van der Waals surface area contributed by atoms with Gasteiger partial charge in [-0.15, -0.1) is 0 Å². The molecule has 1 heterocycles. The lowest BCUT2D eigenvalue weighted by Gasteiger charge is -2.20. The molecular formula is C6H10N2O. The van der Waals surface area contributed by atoms with Crippen molar-refractivity contribution < 1.29 is 4.79 Å². The Bertz CT molecular complexity index is 162. The molecule has 0 spiro atoms. The van der Waals surface area contributed by atoms with Gasteiger partial charge in [0.25, 0.3) is 0 Å². The van der Waals surface area contributed by atoms with E-state index in [1.54, 1.807) is 0 Å². The number of ketones is 1. The Balaban J connectivity index is 2.67. The van der Waals surface area contributed by atoms with E-state index >= 15 is 0 Å². The summed E-state index contributed by atoms with van der Waals surface area (Å²) in [5.41, 5.74) is 0. The van der Waals surface area contributed by atoms with Gasteiger partial charge >= 0.3 is 0 Å². The second-order valence-corrected chi connectivity index (χ2v) is 2.26. The van der Waals surface area contributed by atoms with Crippen LogP contribution in [0, 0.1) is 0 Å².